The summed E-state index contributed by atoms with van der Waals surface area (Å²) in [7, 11) is 0. The SMILES string of the molecule is Cc1ccc(C)c2c1S/C(=C1/Sc3ccccc3C1=O)C2=O. The predicted octanol–water partition coefficient (Wildman–Crippen LogP) is 4.79. The molecular weight excluding hydrogens is 312 g/mol. The van der Waals surface area contributed by atoms with Crippen LogP contribution in [0.1, 0.15) is 31.8 Å². The van der Waals surface area contributed by atoms with Crippen molar-refractivity contribution in [3.05, 3.63) is 68.5 Å². The lowest BCUT2D eigenvalue weighted by Gasteiger charge is -2.03. The summed E-state index contributed by atoms with van der Waals surface area (Å²) < 4.78 is 0. The number of rotatable bonds is 0. The number of carbonyl (C=O) groups excluding carboxylic acids is 2. The van der Waals surface area contributed by atoms with E-state index < -0.39 is 0 Å². The monoisotopic (exact) mass is 324 g/mol. The molecule has 2 nitrogen and oxygen atoms in total. The molecule has 0 saturated carbocycles. The van der Waals surface area contributed by atoms with Crippen LogP contribution in [-0.2, 0) is 0 Å². The minimum Gasteiger partial charge on any atom is -0.288 e. The van der Waals surface area contributed by atoms with E-state index in [2.05, 4.69) is 0 Å². The van der Waals surface area contributed by atoms with Crippen molar-refractivity contribution in [2.45, 2.75) is 23.6 Å². The molecule has 0 aliphatic carbocycles. The molecule has 0 N–H and O–H groups in total. The third kappa shape index (κ3) is 1.84. The van der Waals surface area contributed by atoms with Crippen LogP contribution in [0, 0.1) is 13.8 Å². The number of carbonyl (C=O) groups is 2. The molecule has 2 aliphatic heterocycles. The van der Waals surface area contributed by atoms with Gasteiger partial charge in [0, 0.05) is 20.9 Å². The Bertz CT molecular complexity index is 894. The summed E-state index contributed by atoms with van der Waals surface area (Å²) in [5, 5.41) is 0. The first-order chi connectivity index (χ1) is 10.6. The highest BCUT2D eigenvalue weighted by Crippen LogP contribution is 2.50. The van der Waals surface area contributed by atoms with Crippen LogP contribution in [-0.4, -0.2) is 11.6 Å². The molecule has 0 radical (unpaired) electrons. The largest absolute Gasteiger partial charge is 0.288 e. The minimum atomic E-state index is -0.0282. The molecular formula is C18H12O2S2. The van der Waals surface area contributed by atoms with Crippen LogP contribution in [0.3, 0.4) is 0 Å². The van der Waals surface area contributed by atoms with Crippen molar-refractivity contribution in [2.24, 2.45) is 0 Å². The molecule has 22 heavy (non-hydrogen) atoms. The normalized spacial score (nSPS) is 19.5. The first kappa shape index (κ1) is 13.9. The molecule has 0 spiro atoms. The highest BCUT2D eigenvalue weighted by Gasteiger charge is 2.37. The average molecular weight is 324 g/mol. The summed E-state index contributed by atoms with van der Waals surface area (Å²) in [6, 6.07) is 11.5. The fourth-order valence-corrected chi connectivity index (χ4v) is 5.23. The summed E-state index contributed by atoms with van der Waals surface area (Å²) in [4.78, 5) is 28.5. The molecule has 0 atom stereocenters. The van der Waals surface area contributed by atoms with Gasteiger partial charge in [-0.05, 0) is 37.1 Å². The van der Waals surface area contributed by atoms with Crippen LogP contribution in [0.2, 0.25) is 0 Å². The lowest BCUT2D eigenvalue weighted by molar-refractivity contribution is 0.101. The first-order valence-corrected chi connectivity index (χ1v) is 8.60. The predicted molar refractivity (Wildman–Crippen MR) is 89.8 cm³/mol. The number of Topliss-reactive ketones (excluding diaryl/α,β-unsaturated/α-hetero) is 2. The topological polar surface area (TPSA) is 34.1 Å². The van der Waals surface area contributed by atoms with E-state index >= 15 is 0 Å². The van der Waals surface area contributed by atoms with E-state index in [1.165, 1.54) is 23.5 Å². The quantitative estimate of drug-likeness (QED) is 0.652. The number of thioether (sulfide) groups is 2. The number of ketones is 2. The Morgan fingerprint density at radius 3 is 2.18 bits per heavy atom. The zero-order chi connectivity index (χ0) is 15.4. The number of hydrogen-bond donors (Lipinski definition) is 0. The second-order valence-corrected chi connectivity index (χ2v) is 7.49. The van der Waals surface area contributed by atoms with Crippen molar-refractivity contribution < 1.29 is 9.59 Å². The maximum absolute atomic E-state index is 12.8. The third-order valence-corrected chi connectivity index (χ3v) is 6.58. The molecule has 0 amide bonds. The number of allylic oxidation sites excluding steroid dienone is 2. The van der Waals surface area contributed by atoms with Gasteiger partial charge in [-0.3, -0.25) is 9.59 Å². The van der Waals surface area contributed by atoms with E-state index in [9.17, 15) is 9.59 Å². The van der Waals surface area contributed by atoms with Crippen molar-refractivity contribution in [3.63, 3.8) is 0 Å². The summed E-state index contributed by atoms with van der Waals surface area (Å²) >= 11 is 2.86. The first-order valence-electron chi connectivity index (χ1n) is 6.96. The molecule has 4 heteroatoms. The Hall–Kier alpha value is -1.78. The van der Waals surface area contributed by atoms with Crippen LogP contribution in [0.25, 0.3) is 0 Å². The van der Waals surface area contributed by atoms with Crippen molar-refractivity contribution in [2.75, 3.05) is 0 Å². The second-order valence-electron chi connectivity index (χ2n) is 5.42. The van der Waals surface area contributed by atoms with Gasteiger partial charge in [0.1, 0.15) is 0 Å². The lowest BCUT2D eigenvalue weighted by atomic mass is 10.0. The number of hydrogen-bond acceptors (Lipinski definition) is 4. The van der Waals surface area contributed by atoms with E-state index in [-0.39, 0.29) is 11.6 Å². The number of benzene rings is 2. The van der Waals surface area contributed by atoms with Gasteiger partial charge in [0.2, 0.25) is 11.6 Å². The van der Waals surface area contributed by atoms with Gasteiger partial charge in [-0.1, -0.05) is 47.8 Å². The Morgan fingerprint density at radius 2 is 1.45 bits per heavy atom. The van der Waals surface area contributed by atoms with E-state index in [1.54, 1.807) is 0 Å². The van der Waals surface area contributed by atoms with Crippen LogP contribution in [0.5, 0.6) is 0 Å². The Morgan fingerprint density at radius 1 is 0.773 bits per heavy atom. The summed E-state index contributed by atoms with van der Waals surface area (Å²) in [6.45, 7) is 3.95. The molecule has 2 aliphatic rings. The van der Waals surface area contributed by atoms with E-state index in [0.717, 1.165) is 26.5 Å². The molecule has 0 saturated heterocycles. The summed E-state index contributed by atoms with van der Waals surface area (Å²) in [6.07, 6.45) is 0. The molecule has 0 unspecified atom stereocenters. The summed E-state index contributed by atoms with van der Waals surface area (Å²) in [5.74, 6) is -0.0376. The molecule has 2 heterocycles. The molecule has 108 valence electrons. The van der Waals surface area contributed by atoms with Crippen molar-refractivity contribution in [3.8, 4) is 0 Å². The van der Waals surface area contributed by atoms with E-state index in [0.29, 0.717) is 15.4 Å². The van der Waals surface area contributed by atoms with Crippen LogP contribution < -0.4 is 0 Å². The van der Waals surface area contributed by atoms with Crippen molar-refractivity contribution in [1.82, 2.24) is 0 Å². The van der Waals surface area contributed by atoms with Crippen LogP contribution >= 0.6 is 23.5 Å². The zero-order valence-corrected chi connectivity index (χ0v) is 13.7. The molecule has 0 bridgehead atoms. The van der Waals surface area contributed by atoms with Gasteiger partial charge >= 0.3 is 0 Å². The Labute approximate surface area is 137 Å². The van der Waals surface area contributed by atoms with E-state index in [4.69, 9.17) is 0 Å². The van der Waals surface area contributed by atoms with E-state index in [1.807, 2.05) is 50.2 Å². The van der Waals surface area contributed by atoms with Gasteiger partial charge in [-0.2, -0.15) is 0 Å². The van der Waals surface area contributed by atoms with Gasteiger partial charge < -0.3 is 0 Å². The standard InChI is InChI=1S/C18H12O2S2/c1-9-7-8-10(2)16-13(9)15(20)18(22-16)17-14(19)11-5-3-4-6-12(11)21-17/h3-8H,1-2H3/b18-17+. The van der Waals surface area contributed by atoms with Crippen LogP contribution in [0.4, 0.5) is 0 Å². The second kappa shape index (κ2) is 4.86. The number of aryl methyl sites for hydroxylation is 2. The zero-order valence-electron chi connectivity index (χ0n) is 12.1. The maximum Gasteiger partial charge on any atom is 0.202 e. The lowest BCUT2D eigenvalue weighted by Crippen LogP contribution is -2.03. The number of fused-ring (bicyclic) bond motifs is 2. The average Bonchev–Trinajstić information content (AvgIpc) is 3.03. The Balaban J connectivity index is 1.88. The van der Waals surface area contributed by atoms with Gasteiger partial charge in [0.05, 0.1) is 9.81 Å². The molecule has 0 fully saturated rings. The fraction of sp³-hybridized carbons (Fsp3) is 0.111. The smallest absolute Gasteiger partial charge is 0.202 e. The Kier molecular flexibility index (Phi) is 3.06. The minimum absolute atomic E-state index is 0.00939. The highest BCUT2D eigenvalue weighted by molar-refractivity contribution is 8.08. The molecule has 0 aromatic heterocycles. The molecule has 2 aromatic rings. The van der Waals surface area contributed by atoms with Crippen molar-refractivity contribution in [1.29, 1.82) is 0 Å². The fourth-order valence-electron chi connectivity index (χ4n) is 2.78. The van der Waals surface area contributed by atoms with Gasteiger partial charge in [0.25, 0.3) is 0 Å². The van der Waals surface area contributed by atoms with Gasteiger partial charge in [-0.15, -0.1) is 0 Å². The molecule has 4 rings (SSSR count). The maximum atomic E-state index is 12.8. The van der Waals surface area contributed by atoms with Gasteiger partial charge in [0.15, 0.2) is 0 Å². The summed E-state index contributed by atoms with van der Waals surface area (Å²) in [5.41, 5.74) is 3.52. The third-order valence-electron chi connectivity index (χ3n) is 3.96. The van der Waals surface area contributed by atoms with Crippen LogP contribution in [0.15, 0.2) is 56.0 Å². The van der Waals surface area contributed by atoms with Gasteiger partial charge in [-0.25, -0.2) is 0 Å². The molecule has 2 aromatic carbocycles. The highest BCUT2D eigenvalue weighted by atomic mass is 32.2. The van der Waals surface area contributed by atoms with Crippen molar-refractivity contribution >= 4 is 35.1 Å².